The zero-order valence-electron chi connectivity index (χ0n) is 16.3. The molecule has 1 aromatic heterocycles. The van der Waals surface area contributed by atoms with Gasteiger partial charge in [-0.15, -0.1) is 10.2 Å². The maximum absolute atomic E-state index is 12.2. The molecule has 0 aliphatic carbocycles. The van der Waals surface area contributed by atoms with Gasteiger partial charge in [0.15, 0.2) is 6.10 Å². The molecular formula is C20H20ClN3O5S. The Hall–Kier alpha value is -2.75. The van der Waals surface area contributed by atoms with Crippen LogP contribution in [0.25, 0.3) is 11.5 Å². The van der Waals surface area contributed by atoms with Gasteiger partial charge in [0.25, 0.3) is 5.89 Å². The highest BCUT2D eigenvalue weighted by Gasteiger charge is 2.20. The second-order valence-corrected chi connectivity index (χ2v) is 8.75. The van der Waals surface area contributed by atoms with Crippen LogP contribution < -0.4 is 4.72 Å². The van der Waals surface area contributed by atoms with Crippen LogP contribution in [-0.2, 0) is 19.6 Å². The van der Waals surface area contributed by atoms with Gasteiger partial charge < -0.3 is 9.15 Å². The fourth-order valence-electron chi connectivity index (χ4n) is 2.52. The first-order valence-corrected chi connectivity index (χ1v) is 11.0. The average molecular weight is 450 g/mol. The molecule has 1 unspecified atom stereocenters. The summed E-state index contributed by atoms with van der Waals surface area (Å²) in [5.74, 6) is -0.132. The van der Waals surface area contributed by atoms with E-state index in [0.29, 0.717) is 10.9 Å². The number of ether oxygens (including phenoxy) is 1. The number of esters is 1. The molecule has 0 spiro atoms. The van der Waals surface area contributed by atoms with Crippen LogP contribution in [0, 0.1) is 6.92 Å². The molecule has 3 aromatic rings. The summed E-state index contributed by atoms with van der Waals surface area (Å²) in [5, 5.41) is 8.19. The molecule has 0 saturated carbocycles. The Bertz CT molecular complexity index is 1130. The minimum Gasteiger partial charge on any atom is -0.453 e. The molecule has 1 N–H and O–H groups in total. The lowest BCUT2D eigenvalue weighted by Crippen LogP contribution is -2.27. The molecule has 0 amide bonds. The molecule has 30 heavy (non-hydrogen) atoms. The van der Waals surface area contributed by atoms with Crippen molar-refractivity contribution in [1.82, 2.24) is 14.9 Å². The highest BCUT2D eigenvalue weighted by atomic mass is 35.5. The Morgan fingerprint density at radius 3 is 2.63 bits per heavy atom. The standard InChI is InChI=1S/C20H20ClN3O5S/c1-13-6-8-15(9-7-13)20-24-23-19(29-20)14(2)28-18(25)10-11-22-30(26,27)17-5-3-4-16(21)12-17/h3-9,12,14,22H,10-11H2,1-2H3. The lowest BCUT2D eigenvalue weighted by molar-refractivity contribution is -0.149. The highest BCUT2D eigenvalue weighted by molar-refractivity contribution is 7.89. The Morgan fingerprint density at radius 2 is 1.93 bits per heavy atom. The van der Waals surface area contributed by atoms with Gasteiger partial charge in [-0.1, -0.05) is 35.4 Å². The van der Waals surface area contributed by atoms with Crippen LogP contribution in [0.1, 0.15) is 30.9 Å². The molecule has 0 saturated heterocycles. The fraction of sp³-hybridized carbons (Fsp3) is 0.250. The maximum Gasteiger partial charge on any atom is 0.307 e. The molecule has 10 heteroatoms. The van der Waals surface area contributed by atoms with Crippen molar-refractivity contribution in [3.63, 3.8) is 0 Å². The van der Waals surface area contributed by atoms with E-state index in [0.717, 1.165) is 11.1 Å². The fourth-order valence-corrected chi connectivity index (χ4v) is 3.86. The van der Waals surface area contributed by atoms with Crippen molar-refractivity contribution >= 4 is 27.6 Å². The molecule has 158 valence electrons. The van der Waals surface area contributed by atoms with Crippen molar-refractivity contribution in [1.29, 1.82) is 0 Å². The summed E-state index contributed by atoms with van der Waals surface area (Å²) in [4.78, 5) is 12.1. The van der Waals surface area contributed by atoms with Gasteiger partial charge in [0.2, 0.25) is 15.9 Å². The number of rotatable bonds is 8. The van der Waals surface area contributed by atoms with E-state index in [1.165, 1.54) is 18.2 Å². The number of carbonyl (C=O) groups excluding carboxylic acids is 1. The number of aromatic nitrogens is 2. The number of hydrogen-bond acceptors (Lipinski definition) is 7. The minimum absolute atomic E-state index is 0.0197. The maximum atomic E-state index is 12.2. The van der Waals surface area contributed by atoms with Gasteiger partial charge in [-0.3, -0.25) is 4.79 Å². The van der Waals surface area contributed by atoms with Crippen molar-refractivity contribution < 1.29 is 22.4 Å². The number of benzene rings is 2. The molecule has 3 rings (SSSR count). The van der Waals surface area contributed by atoms with Crippen molar-refractivity contribution in [2.75, 3.05) is 6.54 Å². The normalized spacial score (nSPS) is 12.5. The topological polar surface area (TPSA) is 111 Å². The summed E-state index contributed by atoms with van der Waals surface area (Å²) >= 11 is 5.81. The number of nitrogens with zero attached hydrogens (tertiary/aromatic N) is 2. The number of hydrogen-bond donors (Lipinski definition) is 1. The number of halogens is 1. The van der Waals surface area contributed by atoms with Crippen molar-refractivity contribution in [2.24, 2.45) is 0 Å². The predicted octanol–water partition coefficient (Wildman–Crippen LogP) is 3.67. The van der Waals surface area contributed by atoms with Crippen LogP contribution in [0.2, 0.25) is 5.02 Å². The Morgan fingerprint density at radius 1 is 1.20 bits per heavy atom. The van der Waals surface area contributed by atoms with Crippen LogP contribution in [0.4, 0.5) is 0 Å². The largest absolute Gasteiger partial charge is 0.453 e. The van der Waals surface area contributed by atoms with Crippen molar-refractivity contribution in [2.45, 2.75) is 31.3 Å². The third-order valence-corrected chi connectivity index (χ3v) is 5.82. The zero-order valence-corrected chi connectivity index (χ0v) is 17.9. The molecule has 2 aromatic carbocycles. The zero-order chi connectivity index (χ0) is 21.7. The van der Waals surface area contributed by atoms with Crippen LogP contribution in [0.5, 0.6) is 0 Å². The third-order valence-electron chi connectivity index (χ3n) is 4.12. The van der Waals surface area contributed by atoms with E-state index in [1.54, 1.807) is 13.0 Å². The minimum atomic E-state index is -3.77. The SMILES string of the molecule is Cc1ccc(-c2nnc(C(C)OC(=O)CCNS(=O)(=O)c3cccc(Cl)c3)o2)cc1. The lowest BCUT2D eigenvalue weighted by Gasteiger charge is -2.10. The molecule has 0 radical (unpaired) electrons. The first-order chi connectivity index (χ1) is 14.2. The molecule has 0 aliphatic rings. The Kier molecular flexibility index (Phi) is 6.86. The highest BCUT2D eigenvalue weighted by Crippen LogP contribution is 2.23. The van der Waals surface area contributed by atoms with E-state index in [-0.39, 0.29) is 23.8 Å². The Labute approximate surface area is 179 Å². The summed E-state index contributed by atoms with van der Waals surface area (Å²) in [6.45, 7) is 3.44. The van der Waals surface area contributed by atoms with E-state index in [9.17, 15) is 13.2 Å². The summed E-state index contributed by atoms with van der Waals surface area (Å²) in [7, 11) is -3.77. The smallest absolute Gasteiger partial charge is 0.307 e. The van der Waals surface area contributed by atoms with Gasteiger partial charge in [-0.25, -0.2) is 13.1 Å². The van der Waals surface area contributed by atoms with Gasteiger partial charge in [0.1, 0.15) is 0 Å². The lowest BCUT2D eigenvalue weighted by atomic mass is 10.1. The number of sulfonamides is 1. The average Bonchev–Trinajstić information content (AvgIpc) is 3.19. The van der Waals surface area contributed by atoms with E-state index < -0.39 is 22.1 Å². The number of aryl methyl sites for hydroxylation is 1. The van der Waals surface area contributed by atoms with Gasteiger partial charge >= 0.3 is 5.97 Å². The molecule has 0 aliphatic heterocycles. The summed E-state index contributed by atoms with van der Waals surface area (Å²) in [6, 6.07) is 13.4. The second-order valence-electron chi connectivity index (χ2n) is 6.55. The van der Waals surface area contributed by atoms with E-state index in [1.807, 2.05) is 31.2 Å². The van der Waals surface area contributed by atoms with Crippen LogP contribution in [0.15, 0.2) is 57.8 Å². The van der Waals surface area contributed by atoms with Gasteiger partial charge in [-0.2, -0.15) is 0 Å². The van der Waals surface area contributed by atoms with Crippen LogP contribution >= 0.6 is 11.6 Å². The molecule has 1 heterocycles. The monoisotopic (exact) mass is 449 g/mol. The number of carbonyl (C=O) groups is 1. The quantitative estimate of drug-likeness (QED) is 0.522. The molecule has 0 fully saturated rings. The number of nitrogens with one attached hydrogen (secondary N) is 1. The summed E-state index contributed by atoms with van der Waals surface area (Å²) < 4.78 is 37.6. The van der Waals surface area contributed by atoms with Gasteiger partial charge in [0.05, 0.1) is 11.3 Å². The summed E-state index contributed by atoms with van der Waals surface area (Å²) in [5.41, 5.74) is 1.86. The Balaban J connectivity index is 1.52. The van der Waals surface area contributed by atoms with E-state index >= 15 is 0 Å². The molecule has 0 bridgehead atoms. The molecular weight excluding hydrogens is 430 g/mol. The van der Waals surface area contributed by atoms with Gasteiger partial charge in [0, 0.05) is 17.1 Å². The molecule has 8 nitrogen and oxygen atoms in total. The predicted molar refractivity (Wildman–Crippen MR) is 110 cm³/mol. The third kappa shape index (κ3) is 5.65. The van der Waals surface area contributed by atoms with Crippen LogP contribution in [-0.4, -0.2) is 31.1 Å². The molecule has 1 atom stereocenters. The van der Waals surface area contributed by atoms with Gasteiger partial charge in [-0.05, 0) is 44.2 Å². The van der Waals surface area contributed by atoms with E-state index in [2.05, 4.69) is 14.9 Å². The second kappa shape index (κ2) is 9.38. The first kappa shape index (κ1) is 21.9. The first-order valence-electron chi connectivity index (χ1n) is 9.10. The van der Waals surface area contributed by atoms with Crippen molar-refractivity contribution in [3.05, 3.63) is 65.0 Å². The summed E-state index contributed by atoms with van der Waals surface area (Å²) in [6.07, 6.45) is -0.933. The van der Waals surface area contributed by atoms with Crippen molar-refractivity contribution in [3.8, 4) is 11.5 Å². The van der Waals surface area contributed by atoms with Crippen LogP contribution in [0.3, 0.4) is 0 Å². The van der Waals surface area contributed by atoms with E-state index in [4.69, 9.17) is 20.8 Å².